The average Bonchev–Trinajstić information content (AvgIpc) is 3.29. The van der Waals surface area contributed by atoms with E-state index in [0.717, 1.165) is 42.0 Å². The number of aryl methyl sites for hydroxylation is 1. The smallest absolute Gasteiger partial charge is 0.241 e. The molecule has 34 heavy (non-hydrogen) atoms. The van der Waals surface area contributed by atoms with Crippen LogP contribution in [0.4, 0.5) is 0 Å². The molecule has 2 heterocycles. The number of carbonyl (C=O) groups excluding carboxylic acids is 1. The van der Waals surface area contributed by atoms with Gasteiger partial charge in [0.2, 0.25) is 17.6 Å². The van der Waals surface area contributed by atoms with E-state index in [1.54, 1.807) is 11.8 Å². The zero-order valence-corrected chi connectivity index (χ0v) is 21.4. The molecule has 4 rings (SSSR count). The third-order valence-electron chi connectivity index (χ3n) is 5.87. The zero-order chi connectivity index (χ0) is 23.9. The van der Waals surface area contributed by atoms with Crippen molar-refractivity contribution in [2.75, 3.05) is 25.4 Å². The van der Waals surface area contributed by atoms with Gasteiger partial charge in [-0.05, 0) is 44.0 Å². The molecule has 9 heteroatoms. The van der Waals surface area contributed by atoms with E-state index >= 15 is 0 Å². The molecule has 1 N–H and O–H groups in total. The van der Waals surface area contributed by atoms with Gasteiger partial charge >= 0.3 is 0 Å². The minimum atomic E-state index is -0.0312. The molecular formula is C25H28Cl2N4O2S. The highest BCUT2D eigenvalue weighted by atomic mass is 35.5. The summed E-state index contributed by atoms with van der Waals surface area (Å²) in [7, 11) is 0. The van der Waals surface area contributed by atoms with E-state index < -0.39 is 0 Å². The van der Waals surface area contributed by atoms with Gasteiger partial charge in [0, 0.05) is 40.2 Å². The zero-order valence-electron chi connectivity index (χ0n) is 19.1. The molecule has 1 amide bonds. The molecule has 0 bridgehead atoms. The number of rotatable bonds is 9. The summed E-state index contributed by atoms with van der Waals surface area (Å²) in [6, 6.07) is 13.6. The molecule has 1 unspecified atom stereocenters. The molecule has 0 radical (unpaired) electrons. The summed E-state index contributed by atoms with van der Waals surface area (Å²) in [5.74, 6) is 2.76. The number of piperidine rings is 1. The second-order valence-corrected chi connectivity index (χ2v) is 10.4. The van der Waals surface area contributed by atoms with Gasteiger partial charge in [-0.3, -0.25) is 9.69 Å². The van der Waals surface area contributed by atoms with Gasteiger partial charge in [0.1, 0.15) is 0 Å². The highest BCUT2D eigenvalue weighted by molar-refractivity contribution is 7.98. The van der Waals surface area contributed by atoms with Crippen LogP contribution in [0.3, 0.4) is 0 Å². The molecule has 180 valence electrons. The summed E-state index contributed by atoms with van der Waals surface area (Å²) in [6.07, 6.45) is 1.86. The number of carbonyl (C=O) groups is 1. The molecule has 3 aromatic rings. The minimum absolute atomic E-state index is 0.0312. The number of hydrogen-bond acceptors (Lipinski definition) is 6. The van der Waals surface area contributed by atoms with Crippen LogP contribution >= 0.6 is 35.0 Å². The molecule has 0 spiro atoms. The maximum Gasteiger partial charge on any atom is 0.241 e. The second-order valence-electron chi connectivity index (χ2n) is 8.50. The lowest BCUT2D eigenvalue weighted by molar-refractivity contribution is -0.126. The number of hydrogen-bond donors (Lipinski definition) is 1. The number of aromatic nitrogens is 2. The summed E-state index contributed by atoms with van der Waals surface area (Å²) in [5.41, 5.74) is 3.07. The largest absolute Gasteiger partial charge is 0.355 e. The molecule has 0 saturated carbocycles. The van der Waals surface area contributed by atoms with Crippen molar-refractivity contribution in [1.29, 1.82) is 0 Å². The normalized spacial score (nSPS) is 16.5. The lowest BCUT2D eigenvalue weighted by Crippen LogP contribution is -2.43. The number of likely N-dealkylation sites (tertiary alicyclic amines) is 1. The molecule has 1 aliphatic heterocycles. The molecule has 1 atom stereocenters. The third-order valence-corrected chi connectivity index (χ3v) is 7.56. The second kappa shape index (κ2) is 12.1. The predicted molar refractivity (Wildman–Crippen MR) is 138 cm³/mol. The van der Waals surface area contributed by atoms with E-state index in [0.29, 0.717) is 41.4 Å². The number of halogens is 2. The lowest BCUT2D eigenvalue weighted by Gasteiger charge is -2.30. The summed E-state index contributed by atoms with van der Waals surface area (Å²) < 4.78 is 5.47. The van der Waals surface area contributed by atoms with Crippen molar-refractivity contribution in [2.45, 2.75) is 32.1 Å². The number of amides is 1. The Hall–Kier alpha value is -2.06. The van der Waals surface area contributed by atoms with Crippen LogP contribution in [0.5, 0.6) is 0 Å². The monoisotopic (exact) mass is 518 g/mol. The van der Waals surface area contributed by atoms with E-state index in [4.69, 9.17) is 27.7 Å². The molecule has 6 nitrogen and oxygen atoms in total. The van der Waals surface area contributed by atoms with E-state index in [1.807, 2.05) is 49.4 Å². The van der Waals surface area contributed by atoms with Gasteiger partial charge in [0.05, 0.1) is 12.5 Å². The maximum absolute atomic E-state index is 12.7. The Morgan fingerprint density at radius 1 is 1.21 bits per heavy atom. The quantitative estimate of drug-likeness (QED) is 0.371. The van der Waals surface area contributed by atoms with Gasteiger partial charge in [-0.25, -0.2) is 0 Å². The Morgan fingerprint density at radius 2 is 1.97 bits per heavy atom. The number of benzene rings is 2. The lowest BCUT2D eigenvalue weighted by atomic mass is 9.97. The first-order chi connectivity index (χ1) is 16.5. The topological polar surface area (TPSA) is 71.3 Å². The standard InChI is InChI=1S/C25H28Cl2N4O2S/c1-17-7-9-18(10-8-17)24-29-23(33-30-24)15-31-12-3-4-19(14-31)25(32)28-11-13-34-16-20-21(26)5-2-6-22(20)27/h2,5-10,19H,3-4,11-16H2,1H3,(H,28,32). The van der Waals surface area contributed by atoms with Gasteiger partial charge in [-0.2, -0.15) is 16.7 Å². The predicted octanol–water partition coefficient (Wildman–Crippen LogP) is 5.61. The molecule has 0 aliphatic carbocycles. The Kier molecular flexibility index (Phi) is 8.89. The van der Waals surface area contributed by atoms with Gasteiger partial charge in [0.15, 0.2) is 0 Å². The molecule has 1 fully saturated rings. The first-order valence-corrected chi connectivity index (χ1v) is 13.3. The van der Waals surface area contributed by atoms with Crippen molar-refractivity contribution in [1.82, 2.24) is 20.4 Å². The van der Waals surface area contributed by atoms with E-state index in [2.05, 4.69) is 20.4 Å². The average molecular weight is 519 g/mol. The Labute approximate surface area is 214 Å². The summed E-state index contributed by atoms with van der Waals surface area (Å²) in [4.78, 5) is 19.5. The fraction of sp³-hybridized carbons (Fsp3) is 0.400. The van der Waals surface area contributed by atoms with Gasteiger partial charge in [-0.15, -0.1) is 0 Å². The third kappa shape index (κ3) is 6.75. The van der Waals surface area contributed by atoms with Gasteiger partial charge in [0.25, 0.3) is 0 Å². The van der Waals surface area contributed by atoms with E-state index in [1.165, 1.54) is 5.56 Å². The highest BCUT2D eigenvalue weighted by Gasteiger charge is 2.26. The Balaban J connectivity index is 1.20. The van der Waals surface area contributed by atoms with Gasteiger partial charge < -0.3 is 9.84 Å². The fourth-order valence-electron chi connectivity index (χ4n) is 3.98. The van der Waals surface area contributed by atoms with Gasteiger partial charge in [-0.1, -0.05) is 64.3 Å². The first-order valence-electron chi connectivity index (χ1n) is 11.4. The molecular weight excluding hydrogens is 491 g/mol. The molecule has 1 saturated heterocycles. The van der Waals surface area contributed by atoms with Crippen LogP contribution in [0.2, 0.25) is 10.0 Å². The summed E-state index contributed by atoms with van der Waals surface area (Å²) in [6.45, 7) is 4.82. The van der Waals surface area contributed by atoms with Crippen LogP contribution in [-0.2, 0) is 17.1 Å². The van der Waals surface area contributed by atoms with Crippen molar-refractivity contribution < 1.29 is 9.32 Å². The van der Waals surface area contributed by atoms with Crippen LogP contribution in [0.1, 0.15) is 29.9 Å². The number of thioether (sulfide) groups is 1. The van der Waals surface area contributed by atoms with Crippen LogP contribution < -0.4 is 5.32 Å². The maximum atomic E-state index is 12.7. The first kappa shape index (κ1) is 25.0. The minimum Gasteiger partial charge on any atom is -0.355 e. The van der Waals surface area contributed by atoms with E-state index in [9.17, 15) is 4.79 Å². The van der Waals surface area contributed by atoms with Crippen molar-refractivity contribution in [3.63, 3.8) is 0 Å². The van der Waals surface area contributed by atoms with Crippen molar-refractivity contribution >= 4 is 40.9 Å². The number of nitrogens with one attached hydrogen (secondary N) is 1. The molecule has 1 aliphatic rings. The van der Waals surface area contributed by atoms with E-state index in [-0.39, 0.29) is 11.8 Å². The van der Waals surface area contributed by atoms with Crippen molar-refractivity contribution in [2.24, 2.45) is 5.92 Å². The summed E-state index contributed by atoms with van der Waals surface area (Å²) in [5, 5.41) is 8.55. The Morgan fingerprint density at radius 3 is 2.74 bits per heavy atom. The Bertz CT molecular complexity index is 1090. The van der Waals surface area contributed by atoms with Crippen molar-refractivity contribution in [3.8, 4) is 11.4 Å². The molecule has 1 aromatic heterocycles. The van der Waals surface area contributed by atoms with Crippen LogP contribution in [0.25, 0.3) is 11.4 Å². The SMILES string of the molecule is Cc1ccc(-c2noc(CN3CCCC(C(=O)NCCSCc4c(Cl)cccc4Cl)C3)n2)cc1. The fourth-order valence-corrected chi connectivity index (χ4v) is 5.57. The van der Waals surface area contributed by atoms with Crippen LogP contribution in [0, 0.1) is 12.8 Å². The highest BCUT2D eigenvalue weighted by Crippen LogP contribution is 2.28. The number of nitrogens with zero attached hydrogens (tertiary/aromatic N) is 3. The van der Waals surface area contributed by atoms with Crippen molar-refractivity contribution in [3.05, 3.63) is 69.5 Å². The molecule has 2 aromatic carbocycles. The van der Waals surface area contributed by atoms with Crippen LogP contribution in [-0.4, -0.2) is 46.3 Å². The van der Waals surface area contributed by atoms with Crippen LogP contribution in [0.15, 0.2) is 47.0 Å². The summed E-state index contributed by atoms with van der Waals surface area (Å²) >= 11 is 14.1.